The van der Waals surface area contributed by atoms with Crippen molar-refractivity contribution >= 4 is 12.2 Å². The lowest BCUT2D eigenvalue weighted by Crippen LogP contribution is -2.49. The predicted molar refractivity (Wildman–Crippen MR) is 55.8 cm³/mol. The fourth-order valence-corrected chi connectivity index (χ4v) is 2.76. The van der Waals surface area contributed by atoms with Crippen molar-refractivity contribution in [2.24, 2.45) is 10.9 Å². The summed E-state index contributed by atoms with van der Waals surface area (Å²) >= 11 is 0. The number of fused-ring (bicyclic) bond motifs is 2. The van der Waals surface area contributed by atoms with Gasteiger partial charge in [-0.15, -0.1) is 0 Å². The van der Waals surface area contributed by atoms with E-state index in [4.69, 9.17) is 4.74 Å². The Kier molecular flexibility index (Phi) is 1.92. The second-order valence-corrected chi connectivity index (χ2v) is 4.39. The summed E-state index contributed by atoms with van der Waals surface area (Å²) in [5, 5.41) is 3.29. The lowest BCUT2D eigenvalue weighted by molar-refractivity contribution is -0.151. The molecule has 4 nitrogen and oxygen atoms in total. The van der Waals surface area contributed by atoms with Gasteiger partial charge < -0.3 is 10.1 Å². The van der Waals surface area contributed by atoms with Crippen molar-refractivity contribution in [1.82, 2.24) is 5.32 Å². The third-order valence-corrected chi connectivity index (χ3v) is 3.56. The van der Waals surface area contributed by atoms with E-state index in [1.54, 1.807) is 6.21 Å². The normalized spacial score (nSPS) is 36.7. The van der Waals surface area contributed by atoms with E-state index in [-0.39, 0.29) is 23.5 Å². The molecule has 15 heavy (non-hydrogen) atoms. The molecule has 3 aliphatic rings. The van der Waals surface area contributed by atoms with Gasteiger partial charge in [-0.1, -0.05) is 6.08 Å². The number of ether oxygens (including phenoxy) is 1. The maximum absolute atomic E-state index is 11.7. The molecule has 3 aliphatic heterocycles. The largest absolute Gasteiger partial charge is 0.456 e. The Morgan fingerprint density at radius 3 is 3.07 bits per heavy atom. The van der Waals surface area contributed by atoms with Crippen LogP contribution >= 0.6 is 0 Å². The molecular weight excluding hydrogens is 192 g/mol. The average molecular weight is 206 g/mol. The minimum Gasteiger partial charge on any atom is -0.456 e. The number of hydrogen-bond donors (Lipinski definition) is 1. The van der Waals surface area contributed by atoms with Gasteiger partial charge in [0.15, 0.2) is 0 Å². The van der Waals surface area contributed by atoms with E-state index in [0.29, 0.717) is 0 Å². The summed E-state index contributed by atoms with van der Waals surface area (Å²) in [6.07, 6.45) is 7.29. The van der Waals surface area contributed by atoms with Crippen LogP contribution in [0.15, 0.2) is 17.1 Å². The zero-order valence-corrected chi connectivity index (χ0v) is 8.48. The second-order valence-electron chi connectivity index (χ2n) is 4.39. The number of rotatable bonds is 0. The van der Waals surface area contributed by atoms with Gasteiger partial charge >= 0.3 is 5.97 Å². The Balaban J connectivity index is 1.94. The van der Waals surface area contributed by atoms with E-state index in [9.17, 15) is 4.79 Å². The van der Waals surface area contributed by atoms with Gasteiger partial charge in [-0.05, 0) is 19.2 Å². The van der Waals surface area contributed by atoms with Crippen LogP contribution in [0.3, 0.4) is 0 Å². The number of carbonyl (C=O) groups is 1. The lowest BCUT2D eigenvalue weighted by atomic mass is 9.80. The number of allylic oxidation sites excluding steroid dienone is 1. The van der Waals surface area contributed by atoms with E-state index in [2.05, 4.69) is 10.3 Å². The topological polar surface area (TPSA) is 50.7 Å². The van der Waals surface area contributed by atoms with E-state index in [1.807, 2.05) is 12.2 Å². The first-order valence-electron chi connectivity index (χ1n) is 5.45. The number of hydrogen-bond acceptors (Lipinski definition) is 4. The van der Waals surface area contributed by atoms with Crippen molar-refractivity contribution in [3.8, 4) is 0 Å². The van der Waals surface area contributed by atoms with Crippen molar-refractivity contribution in [3.63, 3.8) is 0 Å². The van der Waals surface area contributed by atoms with Gasteiger partial charge in [-0.2, -0.15) is 0 Å². The molecule has 2 saturated heterocycles. The molecule has 3 heterocycles. The van der Waals surface area contributed by atoms with Crippen molar-refractivity contribution in [3.05, 3.63) is 12.2 Å². The fraction of sp³-hybridized carbons (Fsp3) is 0.636. The third-order valence-electron chi connectivity index (χ3n) is 3.56. The zero-order valence-electron chi connectivity index (χ0n) is 8.48. The second kappa shape index (κ2) is 3.17. The van der Waals surface area contributed by atoms with Crippen LogP contribution in [0, 0.1) is 5.92 Å². The Labute approximate surface area is 88.4 Å². The highest BCUT2D eigenvalue weighted by Crippen LogP contribution is 2.41. The van der Waals surface area contributed by atoms with Crippen LogP contribution < -0.4 is 5.32 Å². The number of esters is 1. The first-order valence-corrected chi connectivity index (χ1v) is 5.45. The molecule has 1 spiro atoms. The summed E-state index contributed by atoms with van der Waals surface area (Å²) in [7, 11) is 0. The van der Waals surface area contributed by atoms with Crippen molar-refractivity contribution in [2.75, 3.05) is 13.1 Å². The zero-order chi connectivity index (χ0) is 10.3. The number of carbonyl (C=O) groups excluding carboxylic acids is 1. The van der Waals surface area contributed by atoms with Crippen molar-refractivity contribution in [1.29, 1.82) is 0 Å². The highest BCUT2D eigenvalue weighted by molar-refractivity contribution is 5.84. The molecule has 0 aliphatic carbocycles. The van der Waals surface area contributed by atoms with E-state index in [1.165, 1.54) is 0 Å². The SMILES string of the molecule is O=C1OC2(CCNCC2)C2N=CC=CC12. The standard InChI is InChI=1S/C11H14N2O2/c14-10-8-2-1-5-13-9(8)11(15-10)3-6-12-7-4-11/h1-2,5,8-9,12H,3-4,6-7H2. The van der Waals surface area contributed by atoms with Crippen molar-refractivity contribution in [2.45, 2.75) is 24.5 Å². The summed E-state index contributed by atoms with van der Waals surface area (Å²) in [6, 6.07) is 0.0112. The lowest BCUT2D eigenvalue weighted by Gasteiger charge is -2.36. The van der Waals surface area contributed by atoms with Crippen LogP contribution in [0.25, 0.3) is 0 Å². The van der Waals surface area contributed by atoms with Crippen LogP contribution in [0.5, 0.6) is 0 Å². The summed E-state index contributed by atoms with van der Waals surface area (Å²) in [4.78, 5) is 16.1. The van der Waals surface area contributed by atoms with Crippen LogP contribution in [0.2, 0.25) is 0 Å². The molecule has 2 atom stereocenters. The minimum atomic E-state index is -0.325. The summed E-state index contributed by atoms with van der Waals surface area (Å²) in [6.45, 7) is 1.82. The first kappa shape index (κ1) is 9.09. The highest BCUT2D eigenvalue weighted by Gasteiger charge is 2.55. The fourth-order valence-electron chi connectivity index (χ4n) is 2.76. The van der Waals surface area contributed by atoms with Crippen LogP contribution in [-0.4, -0.2) is 36.9 Å². The predicted octanol–water partition coefficient (Wildman–Crippen LogP) is 0.291. The molecule has 3 rings (SSSR count). The first-order chi connectivity index (χ1) is 7.32. The molecule has 0 amide bonds. The Morgan fingerprint density at radius 1 is 1.47 bits per heavy atom. The maximum Gasteiger partial charge on any atom is 0.315 e. The minimum absolute atomic E-state index is 0.0112. The number of aliphatic imine (C=N–C) groups is 1. The quantitative estimate of drug-likeness (QED) is 0.580. The monoisotopic (exact) mass is 206 g/mol. The molecule has 0 radical (unpaired) electrons. The molecule has 2 unspecified atom stereocenters. The smallest absolute Gasteiger partial charge is 0.315 e. The molecule has 0 aromatic carbocycles. The molecular formula is C11H14N2O2. The molecule has 80 valence electrons. The van der Waals surface area contributed by atoms with Gasteiger partial charge in [-0.25, -0.2) is 0 Å². The van der Waals surface area contributed by atoms with Gasteiger partial charge in [0, 0.05) is 19.1 Å². The van der Waals surface area contributed by atoms with Gasteiger partial charge in [0.25, 0.3) is 0 Å². The molecule has 0 aromatic heterocycles. The highest BCUT2D eigenvalue weighted by atomic mass is 16.6. The molecule has 0 bridgehead atoms. The number of dihydropyridines is 1. The van der Waals surface area contributed by atoms with Crippen molar-refractivity contribution < 1.29 is 9.53 Å². The maximum atomic E-state index is 11.7. The number of nitrogens with one attached hydrogen (secondary N) is 1. The molecule has 4 heteroatoms. The van der Waals surface area contributed by atoms with E-state index >= 15 is 0 Å². The summed E-state index contributed by atoms with van der Waals surface area (Å²) in [5.41, 5.74) is -0.325. The number of nitrogens with zero attached hydrogens (tertiary/aromatic N) is 1. The number of piperidine rings is 1. The van der Waals surface area contributed by atoms with Gasteiger partial charge in [-0.3, -0.25) is 9.79 Å². The molecule has 1 N–H and O–H groups in total. The third kappa shape index (κ3) is 1.24. The van der Waals surface area contributed by atoms with Gasteiger partial charge in [0.2, 0.25) is 0 Å². The Morgan fingerprint density at radius 2 is 2.27 bits per heavy atom. The molecule has 2 fully saturated rings. The Bertz CT molecular complexity index is 342. The molecule has 0 saturated carbocycles. The van der Waals surface area contributed by atoms with E-state index < -0.39 is 0 Å². The van der Waals surface area contributed by atoms with E-state index in [0.717, 1.165) is 25.9 Å². The summed E-state index contributed by atoms with van der Waals surface area (Å²) in [5.74, 6) is -0.247. The Hall–Kier alpha value is -1.16. The van der Waals surface area contributed by atoms with Gasteiger partial charge in [0.05, 0.1) is 0 Å². The van der Waals surface area contributed by atoms with Gasteiger partial charge in [0.1, 0.15) is 17.6 Å². The summed E-state index contributed by atoms with van der Waals surface area (Å²) < 4.78 is 5.59. The van der Waals surface area contributed by atoms with Crippen LogP contribution in [-0.2, 0) is 9.53 Å². The molecule has 0 aromatic rings. The average Bonchev–Trinajstić information content (AvgIpc) is 2.55. The van der Waals surface area contributed by atoms with Crippen LogP contribution in [0.4, 0.5) is 0 Å². The van der Waals surface area contributed by atoms with Crippen LogP contribution in [0.1, 0.15) is 12.8 Å².